The maximum atomic E-state index is 9.76. The molecule has 2 nitrogen and oxygen atoms in total. The van der Waals surface area contributed by atoms with Crippen molar-refractivity contribution in [1.29, 1.82) is 0 Å². The van der Waals surface area contributed by atoms with E-state index >= 15 is 0 Å². The van der Waals surface area contributed by atoms with Crippen LogP contribution in [0.2, 0.25) is 0 Å². The van der Waals surface area contributed by atoms with Crippen molar-refractivity contribution in [3.05, 3.63) is 35.4 Å². The summed E-state index contributed by atoms with van der Waals surface area (Å²) in [4.78, 5) is 0. The molecule has 15 heavy (non-hydrogen) atoms. The number of aliphatic hydroxyl groups excluding tert-OH is 2. The third kappa shape index (κ3) is 3.24. The molecule has 0 bridgehead atoms. The van der Waals surface area contributed by atoms with E-state index in [0.29, 0.717) is 23.4 Å². The molecule has 2 unspecified atom stereocenters. The topological polar surface area (TPSA) is 40.5 Å². The monoisotopic (exact) mass is 224 g/mol. The van der Waals surface area contributed by atoms with Gasteiger partial charge in [0.2, 0.25) is 0 Å². The fraction of sp³-hybridized carbons (Fsp3) is 0.333. The van der Waals surface area contributed by atoms with Gasteiger partial charge < -0.3 is 10.2 Å². The molecule has 0 fully saturated rings. The van der Waals surface area contributed by atoms with Crippen LogP contribution in [0, 0.1) is 12.3 Å². The number of benzene rings is 1. The van der Waals surface area contributed by atoms with Gasteiger partial charge in [-0.2, -0.15) is 0 Å². The molecule has 3 heteroatoms. The SMILES string of the molecule is C#Cc1cccc(C(O)C(O)CCCl)c1. The molecular weight excluding hydrogens is 212 g/mol. The van der Waals surface area contributed by atoms with Crippen LogP contribution in [-0.4, -0.2) is 22.2 Å². The minimum absolute atomic E-state index is 0.313. The third-order valence-electron chi connectivity index (χ3n) is 2.16. The van der Waals surface area contributed by atoms with E-state index in [-0.39, 0.29) is 0 Å². The number of aliphatic hydroxyl groups is 2. The Bertz CT molecular complexity index is 357. The Morgan fingerprint density at radius 2 is 2.13 bits per heavy atom. The van der Waals surface area contributed by atoms with Crippen LogP contribution < -0.4 is 0 Å². The highest BCUT2D eigenvalue weighted by Gasteiger charge is 2.17. The Hall–Kier alpha value is -1.01. The predicted octanol–water partition coefficient (Wildman–Crippen LogP) is 1.69. The molecule has 80 valence electrons. The normalized spacial score (nSPS) is 14.3. The molecule has 1 aromatic carbocycles. The lowest BCUT2D eigenvalue weighted by Crippen LogP contribution is -2.18. The molecule has 0 saturated carbocycles. The molecule has 0 aliphatic heterocycles. The molecule has 0 aromatic heterocycles. The van der Waals surface area contributed by atoms with Crippen molar-refractivity contribution in [2.75, 3.05) is 5.88 Å². The summed E-state index contributed by atoms with van der Waals surface area (Å²) in [6.07, 6.45) is 3.80. The van der Waals surface area contributed by atoms with Crippen molar-refractivity contribution < 1.29 is 10.2 Å². The highest BCUT2D eigenvalue weighted by atomic mass is 35.5. The van der Waals surface area contributed by atoms with Gasteiger partial charge in [-0.3, -0.25) is 0 Å². The number of halogens is 1. The lowest BCUT2D eigenvalue weighted by molar-refractivity contribution is 0.0170. The van der Waals surface area contributed by atoms with Gasteiger partial charge in [0, 0.05) is 11.4 Å². The first-order valence-electron chi connectivity index (χ1n) is 4.67. The summed E-state index contributed by atoms with van der Waals surface area (Å²) >= 11 is 5.48. The van der Waals surface area contributed by atoms with E-state index < -0.39 is 12.2 Å². The molecule has 1 rings (SSSR count). The maximum absolute atomic E-state index is 9.76. The molecule has 0 aliphatic carbocycles. The highest BCUT2D eigenvalue weighted by molar-refractivity contribution is 6.17. The minimum Gasteiger partial charge on any atom is -0.390 e. The first-order valence-corrected chi connectivity index (χ1v) is 5.21. The Morgan fingerprint density at radius 3 is 2.73 bits per heavy atom. The lowest BCUT2D eigenvalue weighted by atomic mass is 10.0. The first-order chi connectivity index (χ1) is 7.19. The molecule has 0 saturated heterocycles. The van der Waals surface area contributed by atoms with Crippen LogP contribution in [0.25, 0.3) is 0 Å². The van der Waals surface area contributed by atoms with E-state index in [1.54, 1.807) is 24.3 Å². The fourth-order valence-corrected chi connectivity index (χ4v) is 1.53. The van der Waals surface area contributed by atoms with Crippen molar-refractivity contribution in [2.45, 2.75) is 18.6 Å². The number of hydrogen-bond acceptors (Lipinski definition) is 2. The van der Waals surface area contributed by atoms with Crippen molar-refractivity contribution >= 4 is 11.6 Å². The van der Waals surface area contributed by atoms with Crippen molar-refractivity contribution in [2.24, 2.45) is 0 Å². The molecule has 0 aliphatic rings. The summed E-state index contributed by atoms with van der Waals surface area (Å²) in [6, 6.07) is 6.93. The van der Waals surface area contributed by atoms with Crippen molar-refractivity contribution in [3.63, 3.8) is 0 Å². The summed E-state index contributed by atoms with van der Waals surface area (Å²) in [5, 5.41) is 19.3. The minimum atomic E-state index is -0.933. The number of rotatable bonds is 4. The average molecular weight is 225 g/mol. The van der Waals surface area contributed by atoms with E-state index in [4.69, 9.17) is 18.0 Å². The Balaban J connectivity index is 2.82. The molecule has 0 heterocycles. The number of hydrogen-bond donors (Lipinski definition) is 2. The second-order valence-electron chi connectivity index (χ2n) is 3.26. The third-order valence-corrected chi connectivity index (χ3v) is 2.38. The molecule has 1 aromatic rings. The highest BCUT2D eigenvalue weighted by Crippen LogP contribution is 2.20. The van der Waals surface area contributed by atoms with E-state index in [9.17, 15) is 10.2 Å². The summed E-state index contributed by atoms with van der Waals surface area (Å²) in [6.45, 7) is 0. The Kier molecular flexibility index (Phi) is 4.64. The Morgan fingerprint density at radius 1 is 1.40 bits per heavy atom. The van der Waals surface area contributed by atoms with Gasteiger partial charge in [-0.25, -0.2) is 0 Å². The van der Waals surface area contributed by atoms with Gasteiger partial charge in [0.15, 0.2) is 0 Å². The summed E-state index contributed by atoms with van der Waals surface area (Å²) in [5.41, 5.74) is 1.30. The van der Waals surface area contributed by atoms with Gasteiger partial charge in [-0.05, 0) is 24.1 Å². The molecule has 2 atom stereocenters. The van der Waals surface area contributed by atoms with Gasteiger partial charge in [0.1, 0.15) is 6.10 Å². The zero-order chi connectivity index (χ0) is 11.3. The molecule has 0 amide bonds. The second kappa shape index (κ2) is 5.77. The van der Waals surface area contributed by atoms with Gasteiger partial charge in [0.25, 0.3) is 0 Å². The molecule has 2 N–H and O–H groups in total. The van der Waals surface area contributed by atoms with E-state index in [1.807, 2.05) is 0 Å². The van der Waals surface area contributed by atoms with Crippen LogP contribution in [0.15, 0.2) is 24.3 Å². The largest absolute Gasteiger partial charge is 0.390 e. The average Bonchev–Trinajstić information content (AvgIpc) is 2.28. The van der Waals surface area contributed by atoms with Gasteiger partial charge in [0.05, 0.1) is 6.10 Å². The van der Waals surface area contributed by atoms with E-state index in [1.165, 1.54) is 0 Å². The number of terminal acetylenes is 1. The zero-order valence-corrected chi connectivity index (χ0v) is 8.98. The van der Waals surface area contributed by atoms with Crippen LogP contribution in [0.1, 0.15) is 23.7 Å². The van der Waals surface area contributed by atoms with E-state index in [2.05, 4.69) is 5.92 Å². The summed E-state index contributed by atoms with van der Waals surface area (Å²) < 4.78 is 0. The second-order valence-corrected chi connectivity index (χ2v) is 3.64. The summed E-state index contributed by atoms with van der Waals surface area (Å²) in [7, 11) is 0. The van der Waals surface area contributed by atoms with Crippen LogP contribution in [0.4, 0.5) is 0 Å². The molecular formula is C12H13ClO2. The van der Waals surface area contributed by atoms with Crippen molar-refractivity contribution in [1.82, 2.24) is 0 Å². The first kappa shape index (κ1) is 12.1. The number of alkyl halides is 1. The summed E-state index contributed by atoms with van der Waals surface area (Å²) in [5.74, 6) is 2.79. The fourth-order valence-electron chi connectivity index (χ4n) is 1.30. The predicted molar refractivity (Wildman–Crippen MR) is 60.7 cm³/mol. The smallest absolute Gasteiger partial charge is 0.105 e. The van der Waals surface area contributed by atoms with Gasteiger partial charge in [-0.15, -0.1) is 18.0 Å². The van der Waals surface area contributed by atoms with Gasteiger partial charge in [-0.1, -0.05) is 18.1 Å². The maximum Gasteiger partial charge on any atom is 0.105 e. The quantitative estimate of drug-likeness (QED) is 0.604. The standard InChI is InChI=1S/C12H13ClO2/c1-2-9-4-3-5-10(8-9)12(15)11(14)6-7-13/h1,3-5,8,11-12,14-15H,6-7H2. The van der Waals surface area contributed by atoms with Gasteiger partial charge >= 0.3 is 0 Å². The van der Waals surface area contributed by atoms with Crippen LogP contribution in [-0.2, 0) is 0 Å². The molecule has 0 spiro atoms. The van der Waals surface area contributed by atoms with E-state index in [0.717, 1.165) is 0 Å². The lowest BCUT2D eigenvalue weighted by Gasteiger charge is -2.17. The zero-order valence-electron chi connectivity index (χ0n) is 8.23. The van der Waals surface area contributed by atoms with Crippen LogP contribution in [0.3, 0.4) is 0 Å². The molecule has 0 radical (unpaired) electrons. The van der Waals surface area contributed by atoms with Crippen molar-refractivity contribution in [3.8, 4) is 12.3 Å². The van der Waals surface area contributed by atoms with Crippen LogP contribution in [0.5, 0.6) is 0 Å². The Labute approximate surface area is 94.5 Å². The van der Waals surface area contributed by atoms with Crippen LogP contribution >= 0.6 is 11.6 Å².